The van der Waals surface area contributed by atoms with E-state index in [1.54, 1.807) is 0 Å². The molecular formula is C23H24N2O4. The number of carboxylic acid groups (broad SMARTS) is 1. The Labute approximate surface area is 169 Å². The molecule has 3 aromatic rings. The minimum absolute atomic E-state index is 0.110. The molecule has 0 bridgehead atoms. The molecule has 0 aliphatic carbocycles. The number of nitrogens with one attached hydrogen (secondary N) is 2. The molecule has 0 atom stereocenters. The van der Waals surface area contributed by atoms with E-state index in [1.807, 2.05) is 66.7 Å². The van der Waals surface area contributed by atoms with Crippen LogP contribution >= 0.6 is 0 Å². The molecule has 2 aromatic carbocycles. The van der Waals surface area contributed by atoms with Crippen LogP contribution in [0.5, 0.6) is 0 Å². The average molecular weight is 392 g/mol. The second-order valence-electron chi connectivity index (χ2n) is 6.52. The highest BCUT2D eigenvalue weighted by molar-refractivity contribution is 5.66. The smallest absolute Gasteiger partial charge is 0.304 e. The van der Waals surface area contributed by atoms with Crippen LogP contribution in [0.3, 0.4) is 0 Å². The molecule has 3 rings (SSSR count). The first kappa shape index (κ1) is 20.4. The number of benzene rings is 2. The highest BCUT2D eigenvalue weighted by Gasteiger charge is 2.05. The summed E-state index contributed by atoms with van der Waals surface area (Å²) in [5.74, 6) is 0.712. The lowest BCUT2D eigenvalue weighted by atomic mass is 10.1. The molecule has 0 saturated heterocycles. The van der Waals surface area contributed by atoms with E-state index in [-0.39, 0.29) is 13.0 Å². The number of hydroxylamine groups is 1. The summed E-state index contributed by atoms with van der Waals surface area (Å²) >= 11 is 0. The van der Waals surface area contributed by atoms with E-state index < -0.39 is 5.97 Å². The average Bonchev–Trinajstić information content (AvgIpc) is 3.21. The van der Waals surface area contributed by atoms with Crippen molar-refractivity contribution in [3.63, 3.8) is 0 Å². The maximum atomic E-state index is 10.5. The number of hydrogen-bond donors (Lipinski definition) is 3. The van der Waals surface area contributed by atoms with Crippen molar-refractivity contribution >= 4 is 11.7 Å². The molecular weight excluding hydrogens is 368 g/mol. The number of rotatable bonds is 11. The zero-order valence-corrected chi connectivity index (χ0v) is 16.1. The van der Waals surface area contributed by atoms with E-state index in [0.717, 1.165) is 22.5 Å². The summed E-state index contributed by atoms with van der Waals surface area (Å²) in [5, 5.41) is 11.7. The Kier molecular flexibility index (Phi) is 7.22. The lowest BCUT2D eigenvalue weighted by Crippen LogP contribution is -2.17. The number of carboxylic acids is 1. The van der Waals surface area contributed by atoms with Crippen LogP contribution in [-0.2, 0) is 22.8 Å². The monoisotopic (exact) mass is 392 g/mol. The van der Waals surface area contributed by atoms with E-state index in [0.29, 0.717) is 24.5 Å². The van der Waals surface area contributed by atoms with Gasteiger partial charge in [-0.1, -0.05) is 61.2 Å². The molecule has 0 unspecified atom stereocenters. The molecule has 0 radical (unpaired) electrons. The predicted octanol–water partition coefficient (Wildman–Crippen LogP) is 4.20. The van der Waals surface area contributed by atoms with Crippen LogP contribution in [0.25, 0.3) is 17.0 Å². The van der Waals surface area contributed by atoms with Gasteiger partial charge in [0.05, 0.1) is 12.1 Å². The number of furan rings is 1. The van der Waals surface area contributed by atoms with Crippen molar-refractivity contribution in [2.75, 3.05) is 6.54 Å². The van der Waals surface area contributed by atoms with Crippen molar-refractivity contribution in [2.45, 2.75) is 19.6 Å². The Morgan fingerprint density at radius 1 is 1.03 bits per heavy atom. The van der Waals surface area contributed by atoms with Gasteiger partial charge in [-0.2, -0.15) is 0 Å². The Balaban J connectivity index is 1.42. The van der Waals surface area contributed by atoms with Crippen molar-refractivity contribution in [3.8, 4) is 11.3 Å². The summed E-state index contributed by atoms with van der Waals surface area (Å²) in [6.45, 7) is 5.32. The van der Waals surface area contributed by atoms with Gasteiger partial charge in [0.25, 0.3) is 0 Å². The molecule has 0 spiro atoms. The molecule has 1 aromatic heterocycles. The van der Waals surface area contributed by atoms with Crippen molar-refractivity contribution in [1.29, 1.82) is 0 Å². The summed E-state index contributed by atoms with van der Waals surface area (Å²) in [7, 11) is 0. The van der Waals surface area contributed by atoms with Crippen molar-refractivity contribution < 1.29 is 19.2 Å². The van der Waals surface area contributed by atoms with Gasteiger partial charge in [0.15, 0.2) is 0 Å². The lowest BCUT2D eigenvalue weighted by Gasteiger charge is -2.10. The Bertz CT molecular complexity index is 933. The van der Waals surface area contributed by atoms with Crippen molar-refractivity contribution in [2.24, 2.45) is 0 Å². The number of hydrogen-bond acceptors (Lipinski definition) is 5. The highest BCUT2D eigenvalue weighted by atomic mass is 16.6. The fourth-order valence-electron chi connectivity index (χ4n) is 2.72. The first-order valence-corrected chi connectivity index (χ1v) is 9.34. The molecule has 29 heavy (non-hydrogen) atoms. The normalized spacial score (nSPS) is 10.6. The first-order valence-electron chi connectivity index (χ1n) is 9.34. The highest BCUT2D eigenvalue weighted by Crippen LogP contribution is 2.22. The summed E-state index contributed by atoms with van der Waals surface area (Å²) in [6.07, 6.45) is 0.110. The third kappa shape index (κ3) is 6.34. The quantitative estimate of drug-likeness (QED) is 0.335. The molecule has 1 heterocycles. The summed E-state index contributed by atoms with van der Waals surface area (Å²) < 4.78 is 5.80. The standard InChI is InChI=1S/C23H24N2O4/c1-17(19-9-7-18(8-10-19)15-24-14-13-23(26)27)25-28-16-21-11-12-22(29-21)20-5-3-2-4-6-20/h2-12,24-25H,1,13-16H2,(H,26,27). The maximum absolute atomic E-state index is 10.5. The second kappa shape index (κ2) is 10.3. The number of carbonyl (C=O) groups is 1. The minimum atomic E-state index is -0.805. The van der Waals surface area contributed by atoms with Gasteiger partial charge in [-0.15, -0.1) is 0 Å². The summed E-state index contributed by atoms with van der Waals surface area (Å²) in [4.78, 5) is 16.0. The molecule has 0 amide bonds. The van der Waals surface area contributed by atoms with E-state index in [1.165, 1.54) is 0 Å². The lowest BCUT2D eigenvalue weighted by molar-refractivity contribution is -0.136. The maximum Gasteiger partial charge on any atom is 0.304 e. The topological polar surface area (TPSA) is 83.7 Å². The SMILES string of the molecule is C=C(NOCc1ccc(-c2ccccc2)o1)c1ccc(CNCCC(=O)O)cc1. The third-order valence-electron chi connectivity index (χ3n) is 4.28. The van der Waals surface area contributed by atoms with Crippen molar-refractivity contribution in [1.82, 2.24) is 10.8 Å². The van der Waals surface area contributed by atoms with Gasteiger partial charge in [0.1, 0.15) is 18.1 Å². The molecule has 3 N–H and O–H groups in total. The van der Waals surface area contributed by atoms with E-state index in [4.69, 9.17) is 14.4 Å². The molecule has 0 aliphatic rings. The molecule has 6 nitrogen and oxygen atoms in total. The van der Waals surface area contributed by atoms with Crippen LogP contribution in [0.2, 0.25) is 0 Å². The van der Waals surface area contributed by atoms with Crippen LogP contribution in [0.4, 0.5) is 0 Å². The van der Waals surface area contributed by atoms with E-state index in [2.05, 4.69) is 17.4 Å². The predicted molar refractivity (Wildman–Crippen MR) is 112 cm³/mol. The van der Waals surface area contributed by atoms with Crippen LogP contribution in [0.15, 0.2) is 77.7 Å². The fourth-order valence-corrected chi connectivity index (χ4v) is 2.72. The van der Waals surface area contributed by atoms with Crippen LogP contribution in [0, 0.1) is 0 Å². The van der Waals surface area contributed by atoms with Gasteiger partial charge >= 0.3 is 5.97 Å². The Morgan fingerprint density at radius 2 is 1.79 bits per heavy atom. The fraction of sp³-hybridized carbons (Fsp3) is 0.174. The van der Waals surface area contributed by atoms with Gasteiger partial charge in [0.2, 0.25) is 0 Å². The van der Waals surface area contributed by atoms with Gasteiger partial charge in [-0.3, -0.25) is 15.1 Å². The summed E-state index contributed by atoms with van der Waals surface area (Å²) in [5.41, 5.74) is 6.48. The molecule has 0 fully saturated rings. The molecule has 6 heteroatoms. The zero-order chi connectivity index (χ0) is 20.5. The van der Waals surface area contributed by atoms with Crippen LogP contribution < -0.4 is 10.8 Å². The first-order chi connectivity index (χ1) is 14.1. The number of aliphatic carboxylic acids is 1. The summed E-state index contributed by atoms with van der Waals surface area (Å²) in [6, 6.07) is 21.5. The second-order valence-corrected chi connectivity index (χ2v) is 6.52. The zero-order valence-electron chi connectivity index (χ0n) is 16.1. The van der Waals surface area contributed by atoms with E-state index >= 15 is 0 Å². The molecule has 0 saturated carbocycles. The van der Waals surface area contributed by atoms with Crippen LogP contribution in [0.1, 0.15) is 23.3 Å². The third-order valence-corrected chi connectivity index (χ3v) is 4.28. The molecule has 150 valence electrons. The van der Waals surface area contributed by atoms with Crippen molar-refractivity contribution in [3.05, 3.63) is 90.2 Å². The Hall–Kier alpha value is -3.35. The van der Waals surface area contributed by atoms with Gasteiger partial charge < -0.3 is 14.8 Å². The largest absolute Gasteiger partial charge is 0.481 e. The van der Waals surface area contributed by atoms with Gasteiger partial charge in [0, 0.05) is 18.7 Å². The minimum Gasteiger partial charge on any atom is -0.481 e. The van der Waals surface area contributed by atoms with Crippen LogP contribution in [-0.4, -0.2) is 17.6 Å². The molecule has 0 aliphatic heterocycles. The van der Waals surface area contributed by atoms with Gasteiger partial charge in [-0.25, -0.2) is 0 Å². The Morgan fingerprint density at radius 3 is 2.52 bits per heavy atom. The van der Waals surface area contributed by atoms with Gasteiger partial charge in [-0.05, 0) is 23.3 Å². The van der Waals surface area contributed by atoms with E-state index in [9.17, 15) is 4.79 Å².